The summed E-state index contributed by atoms with van der Waals surface area (Å²) in [5.74, 6) is 1.42. The Labute approximate surface area is 122 Å². The van der Waals surface area contributed by atoms with Crippen molar-refractivity contribution in [2.24, 2.45) is 11.8 Å². The van der Waals surface area contributed by atoms with Crippen molar-refractivity contribution in [2.75, 3.05) is 0 Å². The SMILES string of the molecule is CC1CCC(Br)C(CCc2ccccc2[N+](=O)[O-])C1. The second-order valence-electron chi connectivity index (χ2n) is 5.62. The third-order valence-electron chi connectivity index (χ3n) is 4.12. The van der Waals surface area contributed by atoms with Crippen LogP contribution in [-0.4, -0.2) is 9.75 Å². The molecule has 0 bridgehead atoms. The van der Waals surface area contributed by atoms with Gasteiger partial charge in [0.2, 0.25) is 0 Å². The van der Waals surface area contributed by atoms with Gasteiger partial charge in [-0.15, -0.1) is 0 Å². The average Bonchev–Trinajstić information content (AvgIpc) is 2.40. The number of halogens is 1. The zero-order chi connectivity index (χ0) is 13.8. The molecule has 0 aromatic heterocycles. The molecule has 0 spiro atoms. The minimum Gasteiger partial charge on any atom is -0.258 e. The van der Waals surface area contributed by atoms with Crippen molar-refractivity contribution in [3.8, 4) is 0 Å². The van der Waals surface area contributed by atoms with Crippen LogP contribution in [0.3, 0.4) is 0 Å². The van der Waals surface area contributed by atoms with Gasteiger partial charge in [-0.05, 0) is 43.9 Å². The lowest BCUT2D eigenvalue weighted by molar-refractivity contribution is -0.385. The van der Waals surface area contributed by atoms with E-state index in [0.717, 1.165) is 24.3 Å². The van der Waals surface area contributed by atoms with Crippen molar-refractivity contribution < 1.29 is 4.92 Å². The molecule has 0 radical (unpaired) electrons. The minimum absolute atomic E-state index is 0.262. The maximum Gasteiger partial charge on any atom is 0.272 e. The molecular weight excluding hydrogens is 306 g/mol. The molecule has 1 aromatic rings. The first kappa shape index (κ1) is 14.5. The average molecular weight is 326 g/mol. The molecule has 3 nitrogen and oxygen atoms in total. The van der Waals surface area contributed by atoms with Crippen LogP contribution >= 0.6 is 15.9 Å². The van der Waals surface area contributed by atoms with Crippen molar-refractivity contribution in [3.05, 3.63) is 39.9 Å². The molecule has 0 amide bonds. The number of nitro groups is 1. The normalized spacial score (nSPS) is 27.2. The van der Waals surface area contributed by atoms with Crippen LogP contribution < -0.4 is 0 Å². The first-order valence-electron chi connectivity index (χ1n) is 6.94. The highest BCUT2D eigenvalue weighted by molar-refractivity contribution is 9.09. The van der Waals surface area contributed by atoms with Crippen LogP contribution in [0.2, 0.25) is 0 Å². The summed E-state index contributed by atoms with van der Waals surface area (Å²) in [6.45, 7) is 2.30. The van der Waals surface area contributed by atoms with Crippen LogP contribution in [0, 0.1) is 22.0 Å². The second-order valence-corrected chi connectivity index (χ2v) is 6.79. The van der Waals surface area contributed by atoms with E-state index in [4.69, 9.17) is 0 Å². The lowest BCUT2D eigenvalue weighted by atomic mass is 9.79. The topological polar surface area (TPSA) is 43.1 Å². The summed E-state index contributed by atoms with van der Waals surface area (Å²) in [4.78, 5) is 11.3. The fourth-order valence-electron chi connectivity index (χ4n) is 3.00. The molecule has 3 atom stereocenters. The van der Waals surface area contributed by atoms with Gasteiger partial charge in [-0.3, -0.25) is 10.1 Å². The monoisotopic (exact) mass is 325 g/mol. The zero-order valence-electron chi connectivity index (χ0n) is 11.2. The molecule has 0 aliphatic heterocycles. The van der Waals surface area contributed by atoms with Gasteiger partial charge in [-0.2, -0.15) is 0 Å². The summed E-state index contributed by atoms with van der Waals surface area (Å²) in [5.41, 5.74) is 1.13. The van der Waals surface area contributed by atoms with Gasteiger partial charge in [-0.1, -0.05) is 41.1 Å². The Kier molecular flexibility index (Phi) is 4.97. The Morgan fingerprint density at radius 1 is 1.37 bits per heavy atom. The number of nitro benzene ring substituents is 1. The lowest BCUT2D eigenvalue weighted by Crippen LogP contribution is -2.24. The molecule has 0 saturated heterocycles. The molecule has 1 aromatic carbocycles. The van der Waals surface area contributed by atoms with Gasteiger partial charge in [0.1, 0.15) is 0 Å². The van der Waals surface area contributed by atoms with E-state index in [1.54, 1.807) is 12.1 Å². The van der Waals surface area contributed by atoms with Crippen molar-refractivity contribution in [2.45, 2.75) is 43.9 Å². The van der Waals surface area contributed by atoms with E-state index in [1.165, 1.54) is 19.3 Å². The summed E-state index contributed by atoms with van der Waals surface area (Å²) >= 11 is 3.77. The van der Waals surface area contributed by atoms with Gasteiger partial charge in [0.25, 0.3) is 5.69 Å². The fourth-order valence-corrected chi connectivity index (χ4v) is 3.75. The van der Waals surface area contributed by atoms with Crippen LogP contribution in [0.1, 0.15) is 38.2 Å². The number of benzene rings is 1. The van der Waals surface area contributed by atoms with Crippen molar-refractivity contribution in [1.29, 1.82) is 0 Å². The smallest absolute Gasteiger partial charge is 0.258 e. The van der Waals surface area contributed by atoms with E-state index < -0.39 is 0 Å². The number of alkyl halides is 1. The van der Waals surface area contributed by atoms with Gasteiger partial charge < -0.3 is 0 Å². The number of nitrogens with zero attached hydrogens (tertiary/aromatic N) is 1. The molecule has 1 aliphatic rings. The molecule has 4 heteroatoms. The molecule has 104 valence electrons. The van der Waals surface area contributed by atoms with Crippen molar-refractivity contribution in [3.63, 3.8) is 0 Å². The van der Waals surface area contributed by atoms with Gasteiger partial charge in [-0.25, -0.2) is 0 Å². The first-order valence-corrected chi connectivity index (χ1v) is 7.86. The molecule has 2 rings (SSSR count). The van der Waals surface area contributed by atoms with Gasteiger partial charge in [0, 0.05) is 16.5 Å². The van der Waals surface area contributed by atoms with Gasteiger partial charge in [0.15, 0.2) is 0 Å². The lowest BCUT2D eigenvalue weighted by Gasteiger charge is -2.31. The largest absolute Gasteiger partial charge is 0.272 e. The predicted octanol–water partition coefficient (Wildman–Crippen LogP) is 4.73. The summed E-state index contributed by atoms with van der Waals surface area (Å²) in [7, 11) is 0. The molecule has 3 unspecified atom stereocenters. The second kappa shape index (κ2) is 6.51. The number of hydrogen-bond donors (Lipinski definition) is 0. The van der Waals surface area contributed by atoms with E-state index >= 15 is 0 Å². The standard InChI is InChI=1S/C15H20BrNO2/c1-11-6-9-14(16)13(10-11)8-7-12-4-2-3-5-15(12)17(18)19/h2-5,11,13-14H,6-10H2,1H3. The first-order chi connectivity index (χ1) is 9.08. The summed E-state index contributed by atoms with van der Waals surface area (Å²) in [5, 5.41) is 11.0. The highest BCUT2D eigenvalue weighted by atomic mass is 79.9. The van der Waals surface area contributed by atoms with Crippen molar-refractivity contribution >= 4 is 21.6 Å². The Morgan fingerprint density at radius 3 is 2.84 bits per heavy atom. The van der Waals surface area contributed by atoms with Crippen LogP contribution in [0.5, 0.6) is 0 Å². The Bertz CT molecular complexity index is 450. The minimum atomic E-state index is -0.273. The van der Waals surface area contributed by atoms with Gasteiger partial charge >= 0.3 is 0 Å². The fraction of sp³-hybridized carbons (Fsp3) is 0.600. The van der Waals surface area contributed by atoms with E-state index in [9.17, 15) is 10.1 Å². The van der Waals surface area contributed by atoms with Crippen LogP contribution in [0.4, 0.5) is 5.69 Å². The molecule has 1 saturated carbocycles. The Balaban J connectivity index is 2.00. The Morgan fingerprint density at radius 2 is 2.11 bits per heavy atom. The predicted molar refractivity (Wildman–Crippen MR) is 80.6 cm³/mol. The van der Waals surface area contributed by atoms with Gasteiger partial charge in [0.05, 0.1) is 4.92 Å². The van der Waals surface area contributed by atoms with Crippen LogP contribution in [0.15, 0.2) is 24.3 Å². The quantitative estimate of drug-likeness (QED) is 0.456. The van der Waals surface area contributed by atoms with Crippen LogP contribution in [0.25, 0.3) is 0 Å². The highest BCUT2D eigenvalue weighted by Gasteiger charge is 2.27. The van der Waals surface area contributed by atoms with E-state index in [0.29, 0.717) is 10.7 Å². The summed E-state index contributed by atoms with van der Waals surface area (Å²) < 4.78 is 0. The van der Waals surface area contributed by atoms with E-state index in [2.05, 4.69) is 22.9 Å². The van der Waals surface area contributed by atoms with Crippen LogP contribution in [-0.2, 0) is 6.42 Å². The van der Waals surface area contributed by atoms with Crippen molar-refractivity contribution in [1.82, 2.24) is 0 Å². The number of para-hydroxylation sites is 1. The molecule has 1 aliphatic carbocycles. The van der Waals surface area contributed by atoms with E-state index in [1.807, 2.05) is 12.1 Å². The van der Waals surface area contributed by atoms with E-state index in [-0.39, 0.29) is 10.6 Å². The third-order valence-corrected chi connectivity index (χ3v) is 5.33. The molecule has 19 heavy (non-hydrogen) atoms. The maximum atomic E-state index is 11.0. The molecule has 1 fully saturated rings. The highest BCUT2D eigenvalue weighted by Crippen LogP contribution is 2.36. The number of hydrogen-bond acceptors (Lipinski definition) is 2. The Hall–Kier alpha value is -0.900. The summed E-state index contributed by atoms with van der Waals surface area (Å²) in [6, 6.07) is 7.10. The zero-order valence-corrected chi connectivity index (χ0v) is 12.8. The molecule has 0 N–H and O–H groups in total. The summed E-state index contributed by atoms with van der Waals surface area (Å²) in [6.07, 6.45) is 5.58. The number of rotatable bonds is 4. The molecular formula is C15H20BrNO2. The number of aryl methyl sites for hydroxylation is 1. The third kappa shape index (κ3) is 3.78. The molecule has 0 heterocycles. The maximum absolute atomic E-state index is 11.0.